The Balaban J connectivity index is 2.40. The number of ether oxygens (including phenoxy) is 2. The van der Waals surface area contributed by atoms with Crippen molar-refractivity contribution >= 4 is 12.0 Å². The van der Waals surface area contributed by atoms with Gasteiger partial charge in [0.05, 0.1) is 25.3 Å². The van der Waals surface area contributed by atoms with Gasteiger partial charge in [0.25, 0.3) is 0 Å². The van der Waals surface area contributed by atoms with Gasteiger partial charge < -0.3 is 20.1 Å². The van der Waals surface area contributed by atoms with Crippen LogP contribution in [0.5, 0.6) is 5.75 Å². The molecule has 1 heterocycles. The molecule has 0 aromatic heterocycles. The van der Waals surface area contributed by atoms with Crippen molar-refractivity contribution in [2.24, 2.45) is 0 Å². The van der Waals surface area contributed by atoms with E-state index in [0.717, 1.165) is 18.4 Å². The Morgan fingerprint density at radius 1 is 1.30 bits per heavy atom. The average Bonchev–Trinajstić information content (AvgIpc) is 2.54. The minimum Gasteiger partial charge on any atom is -0.493 e. The number of carbonyl (C=O) groups excluding carboxylic acids is 2. The van der Waals surface area contributed by atoms with Crippen molar-refractivity contribution < 1.29 is 19.1 Å². The topological polar surface area (TPSA) is 76.7 Å². The number of unbranched alkanes of at least 4 members (excludes halogenated alkanes) is 1. The largest absolute Gasteiger partial charge is 0.493 e. The van der Waals surface area contributed by atoms with E-state index >= 15 is 0 Å². The molecule has 6 nitrogen and oxygen atoms in total. The van der Waals surface area contributed by atoms with E-state index in [0.29, 0.717) is 23.6 Å². The summed E-state index contributed by atoms with van der Waals surface area (Å²) < 4.78 is 10.7. The molecule has 1 aromatic rings. The molecule has 0 bridgehead atoms. The lowest BCUT2D eigenvalue weighted by molar-refractivity contribution is -0.136. The predicted octanol–water partition coefficient (Wildman–Crippen LogP) is 2.67. The maximum atomic E-state index is 12.1. The van der Waals surface area contributed by atoms with E-state index in [-0.39, 0.29) is 6.03 Å². The van der Waals surface area contributed by atoms with Crippen molar-refractivity contribution in [1.29, 1.82) is 0 Å². The van der Waals surface area contributed by atoms with E-state index in [2.05, 4.69) is 17.6 Å². The standard InChI is InChI=1S/C17H22N2O4/c1-4-5-10-23-13-9-7-6-8-12(13)15-14(16(20)22-3)11(2)18-17(21)19-15/h6-9,15H,4-5,10H2,1-3H3,(H2,18,19,21)/t15-/m1/s1. The maximum absolute atomic E-state index is 12.1. The number of amides is 2. The zero-order valence-electron chi connectivity index (χ0n) is 13.6. The van der Waals surface area contributed by atoms with E-state index in [9.17, 15) is 9.59 Å². The summed E-state index contributed by atoms with van der Waals surface area (Å²) in [5.41, 5.74) is 1.59. The van der Waals surface area contributed by atoms with Gasteiger partial charge in [-0.3, -0.25) is 0 Å². The van der Waals surface area contributed by atoms with Gasteiger partial charge in [-0.1, -0.05) is 31.5 Å². The molecule has 1 aromatic carbocycles. The highest BCUT2D eigenvalue weighted by Crippen LogP contribution is 2.33. The number of benzene rings is 1. The first kappa shape index (κ1) is 16.9. The number of carbonyl (C=O) groups is 2. The average molecular weight is 318 g/mol. The van der Waals surface area contributed by atoms with Crippen LogP contribution in [0.4, 0.5) is 4.79 Å². The monoisotopic (exact) mass is 318 g/mol. The summed E-state index contributed by atoms with van der Waals surface area (Å²) in [6.07, 6.45) is 1.96. The van der Waals surface area contributed by atoms with Gasteiger partial charge >= 0.3 is 12.0 Å². The van der Waals surface area contributed by atoms with Gasteiger partial charge in [0.15, 0.2) is 0 Å². The molecule has 2 N–H and O–H groups in total. The minimum atomic E-state index is -0.603. The molecule has 0 fully saturated rings. The first-order valence-electron chi connectivity index (χ1n) is 7.66. The normalized spacial score (nSPS) is 17.3. The van der Waals surface area contributed by atoms with Crippen LogP contribution in [0.3, 0.4) is 0 Å². The van der Waals surface area contributed by atoms with Crippen LogP contribution >= 0.6 is 0 Å². The molecular weight excluding hydrogens is 296 g/mol. The molecule has 23 heavy (non-hydrogen) atoms. The Hall–Kier alpha value is -2.50. The molecule has 2 amide bonds. The van der Waals surface area contributed by atoms with Crippen LogP contribution in [0, 0.1) is 0 Å². The van der Waals surface area contributed by atoms with Crippen LogP contribution in [0.15, 0.2) is 35.5 Å². The number of hydrogen-bond acceptors (Lipinski definition) is 4. The molecule has 1 aliphatic heterocycles. The summed E-state index contributed by atoms with van der Waals surface area (Å²) in [4.78, 5) is 24.0. The highest BCUT2D eigenvalue weighted by molar-refractivity contribution is 5.95. The third-order valence-electron chi connectivity index (χ3n) is 3.66. The second-order valence-corrected chi connectivity index (χ2v) is 5.30. The van der Waals surface area contributed by atoms with Gasteiger partial charge in [-0.15, -0.1) is 0 Å². The molecule has 0 unspecified atom stereocenters. The van der Waals surface area contributed by atoms with Gasteiger partial charge in [-0.25, -0.2) is 9.59 Å². The molecule has 124 valence electrons. The number of para-hydroxylation sites is 1. The summed E-state index contributed by atoms with van der Waals surface area (Å²) in [5, 5.41) is 5.37. The number of urea groups is 1. The number of rotatable bonds is 6. The van der Waals surface area contributed by atoms with Crippen molar-refractivity contribution in [1.82, 2.24) is 10.6 Å². The smallest absolute Gasteiger partial charge is 0.337 e. The van der Waals surface area contributed by atoms with Crippen molar-refractivity contribution in [3.63, 3.8) is 0 Å². The molecule has 0 saturated heterocycles. The van der Waals surface area contributed by atoms with Gasteiger partial charge in [-0.05, 0) is 19.4 Å². The molecule has 0 saturated carbocycles. The summed E-state index contributed by atoms with van der Waals surface area (Å²) in [7, 11) is 1.32. The van der Waals surface area contributed by atoms with Crippen LogP contribution < -0.4 is 15.4 Å². The van der Waals surface area contributed by atoms with Crippen molar-refractivity contribution in [2.75, 3.05) is 13.7 Å². The lowest BCUT2D eigenvalue weighted by atomic mass is 9.95. The highest BCUT2D eigenvalue weighted by Gasteiger charge is 2.33. The summed E-state index contributed by atoms with van der Waals surface area (Å²) in [6, 6.07) is 6.43. The van der Waals surface area contributed by atoms with Crippen LogP contribution in [0.1, 0.15) is 38.3 Å². The van der Waals surface area contributed by atoms with E-state index in [1.165, 1.54) is 7.11 Å². The number of esters is 1. The zero-order valence-corrected chi connectivity index (χ0v) is 13.6. The summed E-state index contributed by atoms with van der Waals surface area (Å²) >= 11 is 0. The maximum Gasteiger partial charge on any atom is 0.337 e. The predicted molar refractivity (Wildman–Crippen MR) is 86.0 cm³/mol. The number of hydrogen-bond donors (Lipinski definition) is 2. The molecular formula is C17H22N2O4. The molecule has 0 aliphatic carbocycles. The quantitative estimate of drug-likeness (QED) is 0.624. The van der Waals surface area contributed by atoms with Crippen LogP contribution in [-0.2, 0) is 9.53 Å². The van der Waals surface area contributed by atoms with Crippen molar-refractivity contribution in [3.8, 4) is 5.75 Å². The first-order chi connectivity index (χ1) is 11.1. The van der Waals surface area contributed by atoms with Crippen molar-refractivity contribution in [3.05, 3.63) is 41.1 Å². The third kappa shape index (κ3) is 3.83. The first-order valence-corrected chi connectivity index (χ1v) is 7.66. The summed E-state index contributed by atoms with van der Waals surface area (Å²) in [6.45, 7) is 4.35. The Morgan fingerprint density at radius 3 is 2.74 bits per heavy atom. The Bertz CT molecular complexity index is 625. The fourth-order valence-electron chi connectivity index (χ4n) is 2.48. The second kappa shape index (κ2) is 7.67. The Labute approximate surface area is 135 Å². The molecule has 6 heteroatoms. The number of allylic oxidation sites excluding steroid dienone is 1. The third-order valence-corrected chi connectivity index (χ3v) is 3.66. The molecule has 1 atom stereocenters. The fraction of sp³-hybridized carbons (Fsp3) is 0.412. The fourth-order valence-corrected chi connectivity index (χ4v) is 2.48. The number of methoxy groups -OCH3 is 1. The lowest BCUT2D eigenvalue weighted by Gasteiger charge is -2.29. The molecule has 1 aliphatic rings. The molecule has 0 radical (unpaired) electrons. The van der Waals surface area contributed by atoms with Gasteiger partial charge in [-0.2, -0.15) is 0 Å². The van der Waals surface area contributed by atoms with Gasteiger partial charge in [0.2, 0.25) is 0 Å². The lowest BCUT2D eigenvalue weighted by Crippen LogP contribution is -2.45. The SMILES string of the molecule is CCCCOc1ccccc1[C@H]1NC(=O)NC(C)=C1C(=O)OC. The van der Waals surface area contributed by atoms with Crippen LogP contribution in [0.2, 0.25) is 0 Å². The van der Waals surface area contributed by atoms with E-state index in [1.54, 1.807) is 6.92 Å². The van der Waals surface area contributed by atoms with E-state index in [1.807, 2.05) is 24.3 Å². The van der Waals surface area contributed by atoms with Crippen molar-refractivity contribution in [2.45, 2.75) is 32.7 Å². The van der Waals surface area contributed by atoms with Gasteiger partial charge in [0.1, 0.15) is 5.75 Å². The van der Waals surface area contributed by atoms with E-state index in [4.69, 9.17) is 9.47 Å². The highest BCUT2D eigenvalue weighted by atomic mass is 16.5. The minimum absolute atomic E-state index is 0.358. The molecule has 0 spiro atoms. The van der Waals surface area contributed by atoms with Gasteiger partial charge in [0, 0.05) is 11.3 Å². The zero-order chi connectivity index (χ0) is 16.8. The second-order valence-electron chi connectivity index (χ2n) is 5.30. The Morgan fingerprint density at radius 2 is 2.04 bits per heavy atom. The Kier molecular flexibility index (Phi) is 5.62. The summed E-state index contributed by atoms with van der Waals surface area (Å²) in [5.74, 6) is 0.172. The number of nitrogens with one attached hydrogen (secondary N) is 2. The van der Waals surface area contributed by atoms with E-state index < -0.39 is 12.0 Å². The molecule has 2 rings (SSSR count). The van der Waals surface area contributed by atoms with Crippen LogP contribution in [0.25, 0.3) is 0 Å². The van der Waals surface area contributed by atoms with Crippen LogP contribution in [-0.4, -0.2) is 25.7 Å².